The van der Waals surface area contributed by atoms with Crippen molar-refractivity contribution in [1.82, 2.24) is 0 Å². The molecule has 36 heavy (non-hydrogen) atoms. The number of ether oxygens (including phenoxy) is 1. The van der Waals surface area contributed by atoms with Gasteiger partial charge in [-0.2, -0.15) is 0 Å². The summed E-state index contributed by atoms with van der Waals surface area (Å²) in [6, 6.07) is 0. The Bertz CT molecular complexity index is 763. The van der Waals surface area contributed by atoms with Crippen LogP contribution >= 0.6 is 0 Å². The molecule has 3 aliphatic rings. The third kappa shape index (κ3) is 7.22. The molecule has 0 aliphatic heterocycles. The van der Waals surface area contributed by atoms with Crippen molar-refractivity contribution in [2.45, 2.75) is 135 Å². The van der Waals surface area contributed by atoms with Crippen LogP contribution in [0.25, 0.3) is 0 Å². The van der Waals surface area contributed by atoms with Crippen molar-refractivity contribution in [3.63, 3.8) is 0 Å². The van der Waals surface area contributed by atoms with E-state index in [1.807, 2.05) is 13.8 Å². The van der Waals surface area contributed by atoms with Gasteiger partial charge in [-0.25, -0.2) is 0 Å². The number of fused-ring (bicyclic) bond motifs is 1. The molecule has 3 fully saturated rings. The van der Waals surface area contributed by atoms with Crippen molar-refractivity contribution in [3.8, 4) is 0 Å². The first kappa shape index (κ1) is 29.8. The third-order valence-corrected chi connectivity index (χ3v) is 9.81. The van der Waals surface area contributed by atoms with E-state index >= 15 is 0 Å². The Morgan fingerprint density at radius 2 is 1.86 bits per heavy atom. The van der Waals surface area contributed by atoms with Gasteiger partial charge >= 0.3 is 0 Å². The lowest BCUT2D eigenvalue weighted by Crippen LogP contribution is -2.54. The molecule has 3 aliphatic carbocycles. The summed E-state index contributed by atoms with van der Waals surface area (Å²) in [5, 5.41) is 40.6. The zero-order valence-electron chi connectivity index (χ0n) is 23.6. The smallest absolute Gasteiger partial charge is 0.114 e. The highest BCUT2D eigenvalue weighted by atomic mass is 16.5. The van der Waals surface area contributed by atoms with Crippen molar-refractivity contribution < 1.29 is 25.2 Å². The van der Waals surface area contributed by atoms with Gasteiger partial charge in [-0.15, -0.1) is 0 Å². The van der Waals surface area contributed by atoms with Crippen LogP contribution in [0.4, 0.5) is 0 Å². The van der Waals surface area contributed by atoms with E-state index < -0.39 is 23.4 Å². The number of hydrogen-bond donors (Lipinski definition) is 4. The van der Waals surface area contributed by atoms with Gasteiger partial charge in [-0.05, 0) is 108 Å². The van der Waals surface area contributed by atoms with E-state index in [9.17, 15) is 15.3 Å². The Hall–Kier alpha value is -0.720. The third-order valence-electron chi connectivity index (χ3n) is 9.81. The van der Waals surface area contributed by atoms with Gasteiger partial charge < -0.3 is 25.2 Å². The van der Waals surface area contributed by atoms with Crippen LogP contribution in [0.5, 0.6) is 0 Å². The van der Waals surface area contributed by atoms with Crippen LogP contribution < -0.4 is 0 Å². The van der Waals surface area contributed by atoms with Crippen LogP contribution in [-0.2, 0) is 4.74 Å². The molecule has 0 unspecified atom stereocenters. The quantitative estimate of drug-likeness (QED) is 0.270. The second kappa shape index (κ2) is 12.4. The van der Waals surface area contributed by atoms with Crippen molar-refractivity contribution in [3.05, 3.63) is 23.3 Å². The van der Waals surface area contributed by atoms with Crippen LogP contribution in [0.15, 0.2) is 23.3 Å². The molecule has 0 aromatic rings. The Morgan fingerprint density at radius 3 is 2.56 bits per heavy atom. The van der Waals surface area contributed by atoms with Gasteiger partial charge in [0, 0.05) is 13.2 Å². The molecule has 0 aromatic carbocycles. The first-order chi connectivity index (χ1) is 16.9. The number of hydrogen-bond acceptors (Lipinski definition) is 5. The predicted octanol–water partition coefficient (Wildman–Crippen LogP) is 5.70. The molecule has 0 saturated heterocycles. The van der Waals surface area contributed by atoms with E-state index in [0.29, 0.717) is 43.1 Å². The fourth-order valence-electron chi connectivity index (χ4n) is 7.50. The van der Waals surface area contributed by atoms with Crippen LogP contribution in [0, 0.1) is 23.2 Å². The zero-order chi connectivity index (χ0) is 26.6. The second-order valence-corrected chi connectivity index (χ2v) is 13.3. The molecule has 0 bridgehead atoms. The number of unbranched alkanes of at least 4 members (excludes halogenated alkanes) is 1. The first-order valence-electron chi connectivity index (χ1n) is 14.6. The molecule has 0 radical (unpaired) electrons. The highest BCUT2D eigenvalue weighted by Gasteiger charge is 2.50. The summed E-state index contributed by atoms with van der Waals surface area (Å²) in [6.07, 6.45) is 15.2. The van der Waals surface area contributed by atoms with Crippen LogP contribution in [0.3, 0.4) is 0 Å². The fourth-order valence-corrected chi connectivity index (χ4v) is 7.50. The highest BCUT2D eigenvalue weighted by molar-refractivity contribution is 5.27. The summed E-state index contributed by atoms with van der Waals surface area (Å²) in [5.41, 5.74) is 1.24. The molecule has 7 atom stereocenters. The largest absolute Gasteiger partial charge is 0.396 e. The van der Waals surface area contributed by atoms with Crippen LogP contribution in [0.1, 0.15) is 112 Å². The number of aliphatic hydroxyl groups excluding tert-OH is 2. The van der Waals surface area contributed by atoms with Crippen LogP contribution in [-0.4, -0.2) is 57.0 Å². The van der Waals surface area contributed by atoms with Crippen molar-refractivity contribution in [2.75, 3.05) is 13.2 Å². The minimum Gasteiger partial charge on any atom is -0.396 e. The minimum atomic E-state index is -1.26. The molecular formula is C31H54O5. The van der Waals surface area contributed by atoms with Crippen LogP contribution in [0.2, 0.25) is 0 Å². The van der Waals surface area contributed by atoms with Crippen molar-refractivity contribution in [1.29, 1.82) is 0 Å². The SMILES string of the molecule is C[C@H](CCCC(C)(C)O)[C@H]1CC[C@H]2/C(=C/C=C3/C[C@@H](O)[C@@](C)(O)[C@H](OCCCCO)C3)CCC[C@]12C. The number of allylic oxidation sites excluding steroid dienone is 3. The predicted molar refractivity (Wildman–Crippen MR) is 146 cm³/mol. The summed E-state index contributed by atoms with van der Waals surface area (Å²) >= 11 is 0. The van der Waals surface area contributed by atoms with Gasteiger partial charge in [0.2, 0.25) is 0 Å². The number of rotatable bonds is 11. The average molecular weight is 507 g/mol. The summed E-state index contributed by atoms with van der Waals surface area (Å²) in [5.74, 6) is 2.05. The zero-order valence-corrected chi connectivity index (χ0v) is 23.6. The van der Waals surface area contributed by atoms with Gasteiger partial charge in [0.25, 0.3) is 0 Å². The molecule has 5 nitrogen and oxygen atoms in total. The lowest BCUT2D eigenvalue weighted by molar-refractivity contribution is -0.166. The summed E-state index contributed by atoms with van der Waals surface area (Å²) in [6.45, 7) is 11.1. The van der Waals surface area contributed by atoms with Gasteiger partial charge in [-0.3, -0.25) is 0 Å². The van der Waals surface area contributed by atoms with Gasteiger partial charge in [0.15, 0.2) is 0 Å². The maximum Gasteiger partial charge on any atom is 0.114 e. The monoisotopic (exact) mass is 506 g/mol. The molecule has 0 spiro atoms. The Labute approximate surface area is 220 Å². The molecule has 0 amide bonds. The fraction of sp³-hybridized carbons (Fsp3) is 0.871. The Balaban J connectivity index is 1.67. The molecule has 0 heterocycles. The lowest BCUT2D eigenvalue weighted by Gasteiger charge is -2.44. The first-order valence-corrected chi connectivity index (χ1v) is 14.6. The normalized spacial score (nSPS) is 38.5. The standard InChI is InChI=1S/C31H54O5/c1-22(10-8-16-29(2,3)34)25-14-15-26-24(11-9-17-30(25,26)4)13-12-23-20-27(33)31(5,35)28(21-23)36-19-7-6-18-32/h12-13,22,25-28,32-35H,6-11,14-21H2,1-5H3/b23-12-,24-13+/t22-,25-,26+,27-,28-,30-,31-/m1/s1. The van der Waals surface area contributed by atoms with E-state index in [1.54, 1.807) is 12.5 Å². The van der Waals surface area contributed by atoms with E-state index in [0.717, 1.165) is 37.2 Å². The van der Waals surface area contributed by atoms with Crippen molar-refractivity contribution in [2.24, 2.45) is 23.2 Å². The van der Waals surface area contributed by atoms with Crippen molar-refractivity contribution >= 4 is 0 Å². The molecule has 208 valence electrons. The lowest BCUT2D eigenvalue weighted by atomic mass is 9.60. The molecule has 0 aromatic heterocycles. The van der Waals surface area contributed by atoms with E-state index in [4.69, 9.17) is 9.84 Å². The topological polar surface area (TPSA) is 90.2 Å². The molecule has 5 heteroatoms. The molecule has 4 N–H and O–H groups in total. The van der Waals surface area contributed by atoms with E-state index in [2.05, 4.69) is 26.0 Å². The summed E-state index contributed by atoms with van der Waals surface area (Å²) in [7, 11) is 0. The van der Waals surface area contributed by atoms with Gasteiger partial charge in [0.05, 0.1) is 17.8 Å². The van der Waals surface area contributed by atoms with E-state index in [-0.39, 0.29) is 6.61 Å². The van der Waals surface area contributed by atoms with Gasteiger partial charge in [0.1, 0.15) is 5.60 Å². The Morgan fingerprint density at radius 1 is 1.11 bits per heavy atom. The maximum atomic E-state index is 10.9. The Kier molecular flexibility index (Phi) is 10.3. The number of aliphatic hydroxyl groups is 4. The summed E-state index contributed by atoms with van der Waals surface area (Å²) < 4.78 is 5.97. The highest BCUT2D eigenvalue weighted by Crippen LogP contribution is 2.60. The molecule has 3 rings (SSSR count). The van der Waals surface area contributed by atoms with E-state index in [1.165, 1.54) is 32.1 Å². The average Bonchev–Trinajstić information content (AvgIpc) is 3.15. The summed E-state index contributed by atoms with van der Waals surface area (Å²) in [4.78, 5) is 0. The maximum absolute atomic E-state index is 10.9. The molecule has 3 saturated carbocycles. The second-order valence-electron chi connectivity index (χ2n) is 13.3. The van der Waals surface area contributed by atoms with Gasteiger partial charge in [-0.1, -0.05) is 50.0 Å². The molecular weight excluding hydrogens is 452 g/mol. The minimum absolute atomic E-state index is 0.145.